The lowest BCUT2D eigenvalue weighted by atomic mass is 10.1. The van der Waals surface area contributed by atoms with E-state index in [-0.39, 0.29) is 22.8 Å². The van der Waals surface area contributed by atoms with Gasteiger partial charge in [0.05, 0.1) is 10.5 Å². The number of nitro benzene ring substituents is 1. The molecule has 27 heavy (non-hydrogen) atoms. The minimum atomic E-state index is -0.765. The van der Waals surface area contributed by atoms with E-state index in [1.54, 1.807) is 13.8 Å². The zero-order chi connectivity index (χ0) is 20.1. The molecule has 10 heteroatoms. The molecular weight excluding hydrogens is 374 g/mol. The van der Waals surface area contributed by atoms with Crippen LogP contribution in [0, 0.1) is 24.0 Å². The first-order valence-corrected chi connectivity index (χ1v) is 8.60. The fourth-order valence-corrected chi connectivity index (χ4v) is 3.34. The van der Waals surface area contributed by atoms with Gasteiger partial charge in [-0.05, 0) is 25.5 Å². The van der Waals surface area contributed by atoms with Crippen molar-refractivity contribution in [2.75, 3.05) is 17.2 Å². The molecule has 1 heterocycles. The number of nitrogens with one attached hydrogen (secondary N) is 2. The molecule has 0 unspecified atom stereocenters. The number of hydrogen-bond donors (Lipinski definition) is 2. The largest absolute Gasteiger partial charge is 0.452 e. The quantitative estimate of drug-likeness (QED) is 0.442. The van der Waals surface area contributed by atoms with Crippen LogP contribution >= 0.6 is 11.3 Å². The van der Waals surface area contributed by atoms with Gasteiger partial charge in [0.15, 0.2) is 6.61 Å². The number of esters is 1. The fourth-order valence-electron chi connectivity index (χ4n) is 2.25. The van der Waals surface area contributed by atoms with E-state index in [2.05, 4.69) is 10.6 Å². The highest BCUT2D eigenvalue weighted by Crippen LogP contribution is 2.33. The molecule has 0 radical (unpaired) electrons. The predicted octanol–water partition coefficient (Wildman–Crippen LogP) is 3.03. The van der Waals surface area contributed by atoms with Crippen molar-refractivity contribution >= 4 is 45.5 Å². The van der Waals surface area contributed by atoms with Gasteiger partial charge < -0.3 is 15.4 Å². The maximum Gasteiger partial charge on any atom is 0.341 e. The maximum atomic E-state index is 12.4. The topological polar surface area (TPSA) is 128 Å². The lowest BCUT2D eigenvalue weighted by Gasteiger charge is -2.08. The first kappa shape index (κ1) is 20.0. The van der Waals surface area contributed by atoms with Gasteiger partial charge in [-0.15, -0.1) is 11.3 Å². The summed E-state index contributed by atoms with van der Waals surface area (Å²) in [5, 5.41) is 16.2. The third kappa shape index (κ3) is 4.88. The van der Waals surface area contributed by atoms with Gasteiger partial charge in [-0.25, -0.2) is 4.79 Å². The number of aryl methyl sites for hydroxylation is 1. The van der Waals surface area contributed by atoms with E-state index < -0.39 is 23.4 Å². The van der Waals surface area contributed by atoms with Crippen LogP contribution < -0.4 is 10.6 Å². The third-order valence-corrected chi connectivity index (χ3v) is 4.71. The number of ether oxygens (including phenoxy) is 1. The number of carbonyl (C=O) groups is 3. The Hall–Kier alpha value is -3.27. The van der Waals surface area contributed by atoms with E-state index in [9.17, 15) is 24.5 Å². The summed E-state index contributed by atoms with van der Waals surface area (Å²) in [6, 6.07) is 5.63. The van der Waals surface area contributed by atoms with Gasteiger partial charge in [0, 0.05) is 17.9 Å². The monoisotopic (exact) mass is 391 g/mol. The van der Waals surface area contributed by atoms with Crippen LogP contribution in [-0.2, 0) is 14.3 Å². The van der Waals surface area contributed by atoms with E-state index in [0.29, 0.717) is 10.6 Å². The van der Waals surface area contributed by atoms with Gasteiger partial charge in [-0.1, -0.05) is 12.1 Å². The van der Waals surface area contributed by atoms with E-state index in [4.69, 9.17) is 4.74 Å². The Morgan fingerprint density at radius 2 is 1.85 bits per heavy atom. The molecule has 0 fully saturated rings. The normalized spacial score (nSPS) is 10.2. The Balaban J connectivity index is 2.07. The molecule has 0 atom stereocenters. The summed E-state index contributed by atoms with van der Waals surface area (Å²) >= 11 is 1.23. The zero-order valence-corrected chi connectivity index (χ0v) is 15.6. The molecule has 2 rings (SSSR count). The van der Waals surface area contributed by atoms with Crippen LogP contribution in [0.5, 0.6) is 0 Å². The third-order valence-electron chi connectivity index (χ3n) is 3.59. The Bertz CT molecular complexity index is 921. The minimum Gasteiger partial charge on any atom is -0.452 e. The Morgan fingerprint density at radius 1 is 1.19 bits per heavy atom. The van der Waals surface area contributed by atoms with Crippen molar-refractivity contribution < 1.29 is 24.0 Å². The summed E-state index contributed by atoms with van der Waals surface area (Å²) in [5.41, 5.74) is 0.568. The highest BCUT2D eigenvalue weighted by molar-refractivity contribution is 7.16. The molecule has 1 aromatic heterocycles. The van der Waals surface area contributed by atoms with Crippen molar-refractivity contribution in [2.45, 2.75) is 20.8 Å². The Kier molecular flexibility index (Phi) is 6.24. The summed E-state index contributed by atoms with van der Waals surface area (Å²) in [5.74, 6) is -1.82. The van der Waals surface area contributed by atoms with Crippen molar-refractivity contribution in [3.05, 3.63) is 50.4 Å². The second kappa shape index (κ2) is 8.41. The molecule has 9 nitrogen and oxygen atoms in total. The number of benzene rings is 1. The molecule has 2 N–H and O–H groups in total. The first-order chi connectivity index (χ1) is 12.7. The average molecular weight is 391 g/mol. The Labute approximate surface area is 158 Å². The predicted molar refractivity (Wildman–Crippen MR) is 100 cm³/mol. The van der Waals surface area contributed by atoms with Crippen molar-refractivity contribution in [1.82, 2.24) is 0 Å². The molecule has 0 aliphatic rings. The van der Waals surface area contributed by atoms with E-state index in [1.807, 2.05) is 0 Å². The average Bonchev–Trinajstić information content (AvgIpc) is 2.86. The van der Waals surface area contributed by atoms with Crippen LogP contribution in [0.25, 0.3) is 0 Å². The molecule has 1 aromatic carbocycles. The molecule has 0 bridgehead atoms. The van der Waals surface area contributed by atoms with Crippen LogP contribution in [0.3, 0.4) is 0 Å². The zero-order valence-electron chi connectivity index (χ0n) is 14.8. The molecule has 0 aliphatic heterocycles. The number of rotatable bonds is 6. The fraction of sp³-hybridized carbons (Fsp3) is 0.235. The number of amides is 2. The van der Waals surface area contributed by atoms with Gasteiger partial charge >= 0.3 is 5.97 Å². The van der Waals surface area contributed by atoms with Crippen LogP contribution in [0.1, 0.15) is 27.7 Å². The number of nitro groups is 1. The second-order valence-corrected chi connectivity index (χ2v) is 6.79. The second-order valence-electron chi connectivity index (χ2n) is 5.57. The molecule has 0 aliphatic carbocycles. The SMILES string of the molecule is CC(=O)Nc1sc(C)c(C)c1C(=O)OCC(=O)Nc1ccccc1[N+](=O)[O-]. The highest BCUT2D eigenvalue weighted by Gasteiger charge is 2.23. The van der Waals surface area contributed by atoms with Gasteiger partial charge in [-0.3, -0.25) is 19.7 Å². The van der Waals surface area contributed by atoms with Crippen LogP contribution in [0.4, 0.5) is 16.4 Å². The van der Waals surface area contributed by atoms with Gasteiger partial charge in [-0.2, -0.15) is 0 Å². The van der Waals surface area contributed by atoms with Gasteiger partial charge in [0.2, 0.25) is 5.91 Å². The highest BCUT2D eigenvalue weighted by atomic mass is 32.1. The molecule has 2 amide bonds. The number of carbonyl (C=O) groups excluding carboxylic acids is 3. The van der Waals surface area contributed by atoms with Crippen molar-refractivity contribution in [3.63, 3.8) is 0 Å². The van der Waals surface area contributed by atoms with E-state index in [1.165, 1.54) is 42.5 Å². The molecule has 0 spiro atoms. The number of hydrogen-bond acceptors (Lipinski definition) is 7. The molecule has 0 saturated heterocycles. The Morgan fingerprint density at radius 3 is 2.48 bits per heavy atom. The number of thiophene rings is 1. The molecule has 142 valence electrons. The number of anilines is 2. The molecular formula is C17H17N3O6S. The van der Waals surface area contributed by atoms with E-state index in [0.717, 1.165) is 4.88 Å². The smallest absolute Gasteiger partial charge is 0.341 e. The van der Waals surface area contributed by atoms with Gasteiger partial charge in [0.25, 0.3) is 11.6 Å². The lowest BCUT2D eigenvalue weighted by molar-refractivity contribution is -0.383. The first-order valence-electron chi connectivity index (χ1n) is 7.78. The summed E-state index contributed by atoms with van der Waals surface area (Å²) in [6.07, 6.45) is 0. The number of nitrogens with zero attached hydrogens (tertiary/aromatic N) is 1. The van der Waals surface area contributed by atoms with Crippen molar-refractivity contribution in [3.8, 4) is 0 Å². The van der Waals surface area contributed by atoms with E-state index >= 15 is 0 Å². The molecule has 0 saturated carbocycles. The standard InChI is InChI=1S/C17H17N3O6S/c1-9-10(2)27-16(18-11(3)21)15(9)17(23)26-8-14(22)19-12-6-4-5-7-13(12)20(24)25/h4-7H,8H2,1-3H3,(H,18,21)(H,19,22). The summed E-state index contributed by atoms with van der Waals surface area (Å²) in [6.45, 7) is 4.20. The lowest BCUT2D eigenvalue weighted by Crippen LogP contribution is -2.22. The van der Waals surface area contributed by atoms with Crippen molar-refractivity contribution in [2.24, 2.45) is 0 Å². The van der Waals surface area contributed by atoms with Crippen molar-refractivity contribution in [1.29, 1.82) is 0 Å². The van der Waals surface area contributed by atoms with Crippen LogP contribution in [0.2, 0.25) is 0 Å². The maximum absolute atomic E-state index is 12.4. The summed E-state index contributed by atoms with van der Waals surface area (Å²) < 4.78 is 5.01. The van der Waals surface area contributed by atoms with Crippen LogP contribution in [0.15, 0.2) is 24.3 Å². The number of para-hydroxylation sites is 2. The molecule has 2 aromatic rings. The minimum absolute atomic E-state index is 0.00467. The van der Waals surface area contributed by atoms with Crippen LogP contribution in [-0.4, -0.2) is 29.3 Å². The summed E-state index contributed by atoms with van der Waals surface area (Å²) in [7, 11) is 0. The van der Waals surface area contributed by atoms with Gasteiger partial charge in [0.1, 0.15) is 10.7 Å². The summed E-state index contributed by atoms with van der Waals surface area (Å²) in [4.78, 5) is 46.8.